The number of hydrogen-bond donors (Lipinski definition) is 2. The van der Waals surface area contributed by atoms with Gasteiger partial charge in [0.1, 0.15) is 9.90 Å². The second-order valence-electron chi connectivity index (χ2n) is 4.91. The van der Waals surface area contributed by atoms with Crippen LogP contribution < -0.4 is 11.1 Å². The van der Waals surface area contributed by atoms with Crippen molar-refractivity contribution in [2.24, 2.45) is 0 Å². The van der Waals surface area contributed by atoms with Crippen molar-refractivity contribution >= 4 is 32.2 Å². The predicted octanol–water partition coefficient (Wildman–Crippen LogP) is 2.05. The number of anilines is 2. The topological polar surface area (TPSA) is 88.3 Å². The van der Waals surface area contributed by atoms with E-state index in [1.165, 1.54) is 0 Å². The molecule has 0 aliphatic heterocycles. The first-order valence-electron chi connectivity index (χ1n) is 7.40. The number of hydrogen-bond acceptors (Lipinski definition) is 7. The SMILES string of the molecule is CCCN(CC)CCNc1snc(N)c1S(=O)(=O)CCC. The molecule has 1 heterocycles. The summed E-state index contributed by atoms with van der Waals surface area (Å²) in [6, 6.07) is 0. The van der Waals surface area contributed by atoms with E-state index in [9.17, 15) is 8.42 Å². The van der Waals surface area contributed by atoms with Crippen LogP contribution in [0.15, 0.2) is 4.90 Å². The van der Waals surface area contributed by atoms with Crippen LogP contribution in [-0.4, -0.2) is 49.6 Å². The summed E-state index contributed by atoms with van der Waals surface area (Å²) in [6.07, 6.45) is 1.68. The van der Waals surface area contributed by atoms with Crippen LogP contribution in [0.25, 0.3) is 0 Å². The highest BCUT2D eigenvalue weighted by molar-refractivity contribution is 7.91. The number of nitrogen functional groups attached to an aromatic ring is 1. The van der Waals surface area contributed by atoms with Gasteiger partial charge in [0.15, 0.2) is 15.7 Å². The first kappa shape index (κ1) is 18.2. The van der Waals surface area contributed by atoms with Crippen LogP contribution in [0.5, 0.6) is 0 Å². The smallest absolute Gasteiger partial charge is 0.185 e. The minimum absolute atomic E-state index is 0.0984. The molecule has 0 amide bonds. The van der Waals surface area contributed by atoms with Gasteiger partial charge in [0.25, 0.3) is 0 Å². The molecule has 1 rings (SSSR count). The Bertz CT molecular complexity index is 528. The third kappa shape index (κ3) is 5.12. The molecule has 0 aliphatic rings. The van der Waals surface area contributed by atoms with E-state index in [4.69, 9.17) is 5.73 Å². The quantitative estimate of drug-likeness (QED) is 0.681. The van der Waals surface area contributed by atoms with Gasteiger partial charge in [-0.05, 0) is 37.5 Å². The fourth-order valence-corrected chi connectivity index (χ4v) is 4.80. The van der Waals surface area contributed by atoms with Crippen LogP contribution in [0.2, 0.25) is 0 Å². The summed E-state index contributed by atoms with van der Waals surface area (Å²) in [5.41, 5.74) is 5.73. The zero-order valence-corrected chi connectivity index (χ0v) is 14.7. The molecule has 1 aromatic heterocycles. The van der Waals surface area contributed by atoms with Gasteiger partial charge in [-0.1, -0.05) is 20.8 Å². The van der Waals surface area contributed by atoms with Crippen molar-refractivity contribution in [3.8, 4) is 0 Å². The molecule has 21 heavy (non-hydrogen) atoms. The van der Waals surface area contributed by atoms with Gasteiger partial charge in [-0.15, -0.1) is 0 Å². The number of rotatable bonds is 10. The molecule has 122 valence electrons. The Labute approximate surface area is 131 Å². The second-order valence-corrected chi connectivity index (χ2v) is 7.73. The van der Waals surface area contributed by atoms with Gasteiger partial charge >= 0.3 is 0 Å². The Morgan fingerprint density at radius 2 is 1.95 bits per heavy atom. The molecule has 0 aromatic carbocycles. The standard InChI is InChI=1S/C13H26N4O2S2/c1-4-8-17(6-3)9-7-15-13-11(12(14)16-20-13)21(18,19)10-5-2/h15H,4-10H2,1-3H3,(H2,14,16). The summed E-state index contributed by atoms with van der Waals surface area (Å²) >= 11 is 1.12. The molecule has 0 aliphatic carbocycles. The molecule has 3 N–H and O–H groups in total. The Morgan fingerprint density at radius 3 is 2.52 bits per heavy atom. The zero-order chi connectivity index (χ0) is 15.9. The van der Waals surface area contributed by atoms with Crippen molar-refractivity contribution < 1.29 is 8.42 Å². The lowest BCUT2D eigenvalue weighted by Crippen LogP contribution is -2.29. The lowest BCUT2D eigenvalue weighted by Gasteiger charge is -2.19. The van der Waals surface area contributed by atoms with Gasteiger partial charge < -0.3 is 16.0 Å². The Morgan fingerprint density at radius 1 is 1.24 bits per heavy atom. The minimum Gasteiger partial charge on any atom is -0.382 e. The molecule has 6 nitrogen and oxygen atoms in total. The summed E-state index contributed by atoms with van der Waals surface area (Å²) in [5, 5.41) is 3.74. The molecule has 8 heteroatoms. The first-order chi connectivity index (χ1) is 9.96. The van der Waals surface area contributed by atoms with Gasteiger partial charge in [-0.3, -0.25) is 0 Å². The van der Waals surface area contributed by atoms with E-state index in [0.29, 0.717) is 18.0 Å². The number of nitrogens with two attached hydrogens (primary N) is 1. The Balaban J connectivity index is 2.73. The fraction of sp³-hybridized carbons (Fsp3) is 0.769. The van der Waals surface area contributed by atoms with E-state index in [2.05, 4.69) is 28.4 Å². The second kappa shape index (κ2) is 8.55. The van der Waals surface area contributed by atoms with Crippen LogP contribution >= 0.6 is 11.5 Å². The van der Waals surface area contributed by atoms with Crippen LogP contribution in [0.3, 0.4) is 0 Å². The number of likely N-dealkylation sites (N-methyl/N-ethyl adjacent to an activating group) is 1. The van der Waals surface area contributed by atoms with Crippen LogP contribution in [-0.2, 0) is 9.84 Å². The third-order valence-corrected chi connectivity index (χ3v) is 6.09. The van der Waals surface area contributed by atoms with E-state index in [1.54, 1.807) is 0 Å². The van der Waals surface area contributed by atoms with Crippen LogP contribution in [0, 0.1) is 0 Å². The lowest BCUT2D eigenvalue weighted by molar-refractivity contribution is 0.300. The van der Waals surface area contributed by atoms with Crippen molar-refractivity contribution in [3.63, 3.8) is 0 Å². The monoisotopic (exact) mass is 334 g/mol. The van der Waals surface area contributed by atoms with Crippen molar-refractivity contribution in [2.45, 2.75) is 38.5 Å². The Kier molecular flexibility index (Phi) is 7.41. The maximum atomic E-state index is 12.2. The molecule has 0 saturated carbocycles. The maximum Gasteiger partial charge on any atom is 0.185 e. The summed E-state index contributed by atoms with van der Waals surface area (Å²) in [5.74, 6) is 0.207. The van der Waals surface area contributed by atoms with E-state index < -0.39 is 9.84 Å². The van der Waals surface area contributed by atoms with Crippen molar-refractivity contribution in [2.75, 3.05) is 43.0 Å². The molecular formula is C13H26N4O2S2. The fourth-order valence-electron chi connectivity index (χ4n) is 2.15. The zero-order valence-electron chi connectivity index (χ0n) is 13.1. The van der Waals surface area contributed by atoms with Crippen molar-refractivity contribution in [1.29, 1.82) is 0 Å². The van der Waals surface area contributed by atoms with E-state index >= 15 is 0 Å². The van der Waals surface area contributed by atoms with E-state index in [-0.39, 0.29) is 16.5 Å². The lowest BCUT2D eigenvalue weighted by atomic mass is 10.4. The van der Waals surface area contributed by atoms with Gasteiger partial charge in [0.05, 0.1) is 5.75 Å². The van der Waals surface area contributed by atoms with Gasteiger partial charge in [-0.2, -0.15) is 4.37 Å². The number of sulfone groups is 1. The molecule has 0 atom stereocenters. The van der Waals surface area contributed by atoms with Crippen LogP contribution in [0.4, 0.5) is 10.8 Å². The largest absolute Gasteiger partial charge is 0.382 e. The normalized spacial score (nSPS) is 12.0. The highest BCUT2D eigenvalue weighted by Gasteiger charge is 2.24. The summed E-state index contributed by atoms with van der Waals surface area (Å²) < 4.78 is 28.4. The molecule has 0 radical (unpaired) electrons. The van der Waals surface area contributed by atoms with Crippen molar-refractivity contribution in [1.82, 2.24) is 9.27 Å². The van der Waals surface area contributed by atoms with E-state index in [1.807, 2.05) is 6.92 Å². The third-order valence-electron chi connectivity index (χ3n) is 3.16. The summed E-state index contributed by atoms with van der Waals surface area (Å²) in [6.45, 7) is 9.70. The molecule has 0 unspecified atom stereocenters. The molecule has 0 fully saturated rings. The average Bonchev–Trinajstić information content (AvgIpc) is 2.79. The molecule has 0 bridgehead atoms. The van der Waals surface area contributed by atoms with Gasteiger partial charge in [0.2, 0.25) is 0 Å². The summed E-state index contributed by atoms with van der Waals surface area (Å²) in [7, 11) is -3.35. The molecule has 1 aromatic rings. The molecular weight excluding hydrogens is 308 g/mol. The maximum absolute atomic E-state index is 12.2. The molecule has 0 saturated heterocycles. The highest BCUT2D eigenvalue weighted by atomic mass is 32.2. The first-order valence-corrected chi connectivity index (χ1v) is 9.82. The highest BCUT2D eigenvalue weighted by Crippen LogP contribution is 2.32. The van der Waals surface area contributed by atoms with Crippen molar-refractivity contribution in [3.05, 3.63) is 0 Å². The molecule has 0 spiro atoms. The minimum atomic E-state index is -3.35. The Hall–Kier alpha value is -0.860. The van der Waals surface area contributed by atoms with Gasteiger partial charge in [-0.25, -0.2) is 8.42 Å². The van der Waals surface area contributed by atoms with Gasteiger partial charge in [0, 0.05) is 13.1 Å². The average molecular weight is 335 g/mol. The number of nitrogens with zero attached hydrogens (tertiary/aromatic N) is 2. The summed E-state index contributed by atoms with van der Waals surface area (Å²) in [4.78, 5) is 2.49. The van der Waals surface area contributed by atoms with Crippen LogP contribution in [0.1, 0.15) is 33.6 Å². The number of nitrogens with one attached hydrogen (secondary N) is 1. The number of aromatic nitrogens is 1. The predicted molar refractivity (Wildman–Crippen MR) is 89.8 cm³/mol. The van der Waals surface area contributed by atoms with E-state index in [0.717, 1.165) is 37.6 Å².